The van der Waals surface area contributed by atoms with Gasteiger partial charge in [-0.25, -0.2) is 4.39 Å². The molecule has 136 valence electrons. The first-order valence-corrected chi connectivity index (χ1v) is 9.70. The third kappa shape index (κ3) is 3.19. The van der Waals surface area contributed by atoms with Crippen molar-refractivity contribution in [3.05, 3.63) is 76.1 Å². The molecular formula is C21H18FN3OS. The van der Waals surface area contributed by atoms with Gasteiger partial charge in [0.25, 0.3) is 0 Å². The molecule has 2 heterocycles. The topological polar surface area (TPSA) is 47.3 Å². The van der Waals surface area contributed by atoms with E-state index in [0.29, 0.717) is 28.7 Å². The number of allylic oxidation sites excluding steroid dienone is 1. The van der Waals surface area contributed by atoms with Crippen molar-refractivity contribution in [1.82, 2.24) is 4.90 Å². The molecule has 1 fully saturated rings. The lowest BCUT2D eigenvalue weighted by molar-refractivity contribution is -0.129. The van der Waals surface area contributed by atoms with Crippen molar-refractivity contribution in [2.24, 2.45) is 0 Å². The second kappa shape index (κ2) is 7.09. The standard InChI is InChI=1S/C21H18FN3OS/c1-14-5-2-3-8-19(14)24-12-25-20(26)10-17(15-6-4-7-16(22)9-15)18(11-23)21(25)27-13-24/h2-9,17H,10,12-13H2,1H3/t17-/m0/s1. The molecule has 0 bridgehead atoms. The quantitative estimate of drug-likeness (QED) is 0.778. The fraction of sp³-hybridized carbons (Fsp3) is 0.238. The highest BCUT2D eigenvalue weighted by Gasteiger charge is 2.38. The van der Waals surface area contributed by atoms with Gasteiger partial charge >= 0.3 is 0 Å². The molecular weight excluding hydrogens is 361 g/mol. The molecule has 2 aliphatic heterocycles. The lowest BCUT2D eigenvalue weighted by Gasteiger charge is -2.42. The molecule has 27 heavy (non-hydrogen) atoms. The van der Waals surface area contributed by atoms with Crippen LogP contribution in [0.15, 0.2) is 59.1 Å². The van der Waals surface area contributed by atoms with Crippen LogP contribution < -0.4 is 4.90 Å². The van der Waals surface area contributed by atoms with Gasteiger partial charge in [-0.1, -0.05) is 42.1 Å². The van der Waals surface area contributed by atoms with E-state index in [-0.39, 0.29) is 24.1 Å². The molecule has 0 unspecified atom stereocenters. The number of halogens is 1. The van der Waals surface area contributed by atoms with Gasteiger partial charge < -0.3 is 4.90 Å². The van der Waals surface area contributed by atoms with Crippen molar-refractivity contribution in [1.29, 1.82) is 5.26 Å². The second-order valence-corrected chi connectivity index (χ2v) is 7.64. The predicted molar refractivity (Wildman–Crippen MR) is 104 cm³/mol. The van der Waals surface area contributed by atoms with Gasteiger partial charge in [-0.05, 0) is 36.2 Å². The maximum atomic E-state index is 13.7. The second-order valence-electron chi connectivity index (χ2n) is 6.71. The Morgan fingerprint density at radius 3 is 2.78 bits per heavy atom. The van der Waals surface area contributed by atoms with Crippen LogP contribution in [0.2, 0.25) is 0 Å². The molecule has 6 heteroatoms. The number of rotatable bonds is 2. The fourth-order valence-electron chi connectivity index (χ4n) is 3.64. The Morgan fingerprint density at radius 2 is 2.04 bits per heavy atom. The predicted octanol–water partition coefficient (Wildman–Crippen LogP) is 4.35. The molecule has 1 amide bonds. The van der Waals surface area contributed by atoms with E-state index in [2.05, 4.69) is 11.0 Å². The van der Waals surface area contributed by atoms with Crippen LogP contribution in [0.3, 0.4) is 0 Å². The van der Waals surface area contributed by atoms with E-state index in [1.54, 1.807) is 17.0 Å². The summed E-state index contributed by atoms with van der Waals surface area (Å²) in [6.07, 6.45) is 0.179. The molecule has 0 saturated carbocycles. The Labute approximate surface area is 161 Å². The number of fused-ring (bicyclic) bond motifs is 1. The molecule has 1 atom stereocenters. The van der Waals surface area contributed by atoms with Gasteiger partial charge in [-0.3, -0.25) is 9.69 Å². The molecule has 1 saturated heterocycles. The summed E-state index contributed by atoms with van der Waals surface area (Å²) in [4.78, 5) is 16.7. The van der Waals surface area contributed by atoms with E-state index in [4.69, 9.17) is 0 Å². The summed E-state index contributed by atoms with van der Waals surface area (Å²) in [5, 5.41) is 10.5. The monoisotopic (exact) mass is 379 g/mol. The third-order valence-electron chi connectivity index (χ3n) is 5.00. The van der Waals surface area contributed by atoms with Gasteiger partial charge in [0.15, 0.2) is 0 Å². The van der Waals surface area contributed by atoms with Gasteiger partial charge in [0, 0.05) is 18.0 Å². The van der Waals surface area contributed by atoms with E-state index >= 15 is 0 Å². The summed E-state index contributed by atoms with van der Waals surface area (Å²) >= 11 is 1.49. The lowest BCUT2D eigenvalue weighted by Crippen LogP contribution is -2.47. The minimum absolute atomic E-state index is 0.0379. The van der Waals surface area contributed by atoms with Crippen LogP contribution in [0, 0.1) is 24.1 Å². The van der Waals surface area contributed by atoms with Crippen LogP contribution in [0.1, 0.15) is 23.5 Å². The lowest BCUT2D eigenvalue weighted by atomic mass is 9.86. The zero-order valence-corrected chi connectivity index (χ0v) is 15.7. The molecule has 0 N–H and O–H groups in total. The summed E-state index contributed by atoms with van der Waals surface area (Å²) in [6, 6.07) is 16.5. The van der Waals surface area contributed by atoms with E-state index in [0.717, 1.165) is 11.3 Å². The maximum Gasteiger partial charge on any atom is 0.229 e. The van der Waals surface area contributed by atoms with Gasteiger partial charge in [-0.15, -0.1) is 0 Å². The van der Waals surface area contributed by atoms with E-state index in [1.165, 1.54) is 23.9 Å². The Morgan fingerprint density at radius 1 is 1.22 bits per heavy atom. The van der Waals surface area contributed by atoms with E-state index in [9.17, 15) is 14.4 Å². The van der Waals surface area contributed by atoms with Crippen molar-refractivity contribution in [3.63, 3.8) is 0 Å². The van der Waals surface area contributed by atoms with Gasteiger partial charge in [-0.2, -0.15) is 5.26 Å². The van der Waals surface area contributed by atoms with Crippen molar-refractivity contribution < 1.29 is 9.18 Å². The van der Waals surface area contributed by atoms with Crippen molar-refractivity contribution >= 4 is 23.4 Å². The summed E-state index contributed by atoms with van der Waals surface area (Å²) in [6.45, 7) is 2.47. The minimum Gasteiger partial charge on any atom is -0.343 e. The Kier molecular flexibility index (Phi) is 4.63. The van der Waals surface area contributed by atoms with Gasteiger partial charge in [0.2, 0.25) is 5.91 Å². The number of hydrogen-bond donors (Lipinski definition) is 0. The summed E-state index contributed by atoms with van der Waals surface area (Å²) in [5.41, 5.74) is 3.46. The number of thioether (sulfide) groups is 1. The maximum absolute atomic E-state index is 13.7. The van der Waals surface area contributed by atoms with E-state index in [1.807, 2.05) is 31.2 Å². The van der Waals surface area contributed by atoms with Crippen LogP contribution >= 0.6 is 11.8 Å². The van der Waals surface area contributed by atoms with Crippen LogP contribution in [0.25, 0.3) is 0 Å². The largest absolute Gasteiger partial charge is 0.343 e. The van der Waals surface area contributed by atoms with Crippen LogP contribution in [0.4, 0.5) is 10.1 Å². The number of hydrogen-bond acceptors (Lipinski definition) is 4. The highest BCUT2D eigenvalue weighted by molar-refractivity contribution is 8.03. The van der Waals surface area contributed by atoms with Crippen LogP contribution in [-0.4, -0.2) is 23.4 Å². The number of amides is 1. The number of carbonyl (C=O) groups excluding carboxylic acids is 1. The molecule has 2 aliphatic rings. The Hall–Kier alpha value is -2.78. The Balaban J connectivity index is 1.69. The normalized spacial score (nSPS) is 19.7. The average Bonchev–Trinajstić information content (AvgIpc) is 2.68. The zero-order chi connectivity index (χ0) is 19.0. The summed E-state index contributed by atoms with van der Waals surface area (Å²) in [5.74, 6) is -0.122. The smallest absolute Gasteiger partial charge is 0.229 e. The summed E-state index contributed by atoms with van der Waals surface area (Å²) in [7, 11) is 0. The van der Waals surface area contributed by atoms with Crippen LogP contribution in [-0.2, 0) is 4.79 Å². The average molecular weight is 379 g/mol. The number of anilines is 1. The van der Waals surface area contributed by atoms with Crippen molar-refractivity contribution in [3.8, 4) is 6.07 Å². The highest BCUT2D eigenvalue weighted by atomic mass is 32.2. The number of nitrogens with zero attached hydrogens (tertiary/aromatic N) is 3. The third-order valence-corrected chi connectivity index (χ3v) is 6.16. The molecule has 2 aromatic rings. The summed E-state index contributed by atoms with van der Waals surface area (Å²) < 4.78 is 13.7. The Bertz CT molecular complexity index is 981. The molecule has 4 rings (SSSR count). The number of aryl methyl sites for hydroxylation is 1. The zero-order valence-electron chi connectivity index (χ0n) is 14.9. The SMILES string of the molecule is Cc1ccccc1N1CSC2=C(C#N)[C@H](c3cccc(F)c3)CC(=O)N2C1. The first kappa shape index (κ1) is 17.6. The molecule has 4 nitrogen and oxygen atoms in total. The number of para-hydroxylation sites is 1. The highest BCUT2D eigenvalue weighted by Crippen LogP contribution is 2.43. The minimum atomic E-state index is -0.387. The molecule has 2 aromatic carbocycles. The number of nitriles is 1. The van der Waals surface area contributed by atoms with Crippen molar-refractivity contribution in [2.45, 2.75) is 19.3 Å². The first-order valence-electron chi connectivity index (χ1n) is 8.72. The van der Waals surface area contributed by atoms with Crippen molar-refractivity contribution in [2.75, 3.05) is 17.4 Å². The molecule has 0 radical (unpaired) electrons. The number of benzene rings is 2. The molecule has 0 aliphatic carbocycles. The molecule has 0 spiro atoms. The molecule has 0 aromatic heterocycles. The van der Waals surface area contributed by atoms with Crippen LogP contribution in [0.5, 0.6) is 0 Å². The fourth-order valence-corrected chi connectivity index (χ4v) is 4.80. The van der Waals surface area contributed by atoms with Gasteiger partial charge in [0.05, 0.1) is 29.2 Å². The van der Waals surface area contributed by atoms with E-state index < -0.39 is 0 Å². The van der Waals surface area contributed by atoms with Gasteiger partial charge in [0.1, 0.15) is 5.82 Å². The number of carbonyl (C=O) groups is 1. The first-order chi connectivity index (χ1) is 13.1.